The first kappa shape index (κ1) is 16.7. The normalized spacial score (nSPS) is 19.6. The van der Waals surface area contributed by atoms with Crippen LogP contribution in [0.15, 0.2) is 42.5 Å². The van der Waals surface area contributed by atoms with Crippen molar-refractivity contribution in [1.82, 2.24) is 4.90 Å². The number of hydrogen-bond donors (Lipinski definition) is 0. The highest BCUT2D eigenvalue weighted by molar-refractivity contribution is 14.1. The molecule has 0 radical (unpaired) electrons. The molecule has 2 aliphatic rings. The van der Waals surface area contributed by atoms with Crippen LogP contribution in [0.25, 0.3) is 0 Å². The molecular formula is C20H20INO3. The predicted octanol–water partition coefficient (Wildman–Crippen LogP) is 4.43. The zero-order valence-corrected chi connectivity index (χ0v) is 16.1. The molecule has 0 unspecified atom stereocenters. The first-order valence-electron chi connectivity index (χ1n) is 8.68. The lowest BCUT2D eigenvalue weighted by molar-refractivity contribution is 0.0735. The molecule has 1 amide bonds. The van der Waals surface area contributed by atoms with Crippen LogP contribution in [-0.2, 0) is 0 Å². The number of fused-ring (bicyclic) bond motifs is 1. The molecule has 2 heterocycles. The fourth-order valence-corrected chi connectivity index (χ4v) is 3.86. The lowest BCUT2D eigenvalue weighted by Gasteiger charge is -2.26. The summed E-state index contributed by atoms with van der Waals surface area (Å²) >= 11 is 2.25. The van der Waals surface area contributed by atoms with E-state index in [1.165, 1.54) is 0 Å². The number of benzene rings is 2. The maximum atomic E-state index is 13.0. The van der Waals surface area contributed by atoms with E-state index in [1.807, 2.05) is 41.3 Å². The molecule has 1 saturated heterocycles. The molecule has 4 nitrogen and oxygen atoms in total. The van der Waals surface area contributed by atoms with Crippen molar-refractivity contribution in [2.24, 2.45) is 0 Å². The second-order valence-corrected chi connectivity index (χ2v) is 7.67. The Morgan fingerprint density at radius 1 is 1.00 bits per heavy atom. The number of nitrogens with zero attached hydrogens (tertiary/aromatic N) is 1. The minimum Gasteiger partial charge on any atom is -0.490 e. The number of hydrogen-bond acceptors (Lipinski definition) is 3. The van der Waals surface area contributed by atoms with Crippen molar-refractivity contribution in [2.45, 2.75) is 25.3 Å². The van der Waals surface area contributed by atoms with Crippen molar-refractivity contribution in [3.05, 3.63) is 57.2 Å². The molecule has 0 aromatic heterocycles. The molecule has 25 heavy (non-hydrogen) atoms. The zero-order valence-electron chi connectivity index (χ0n) is 13.9. The summed E-state index contributed by atoms with van der Waals surface area (Å²) in [5.41, 5.74) is 1.88. The predicted molar refractivity (Wildman–Crippen MR) is 104 cm³/mol. The van der Waals surface area contributed by atoms with Crippen LogP contribution in [0.2, 0.25) is 0 Å². The third-order valence-corrected chi connectivity index (χ3v) is 5.48. The fraction of sp³-hybridized carbons (Fsp3) is 0.350. The van der Waals surface area contributed by atoms with E-state index < -0.39 is 0 Å². The van der Waals surface area contributed by atoms with Gasteiger partial charge in [-0.05, 0) is 77.4 Å². The zero-order chi connectivity index (χ0) is 17.2. The third kappa shape index (κ3) is 3.47. The second-order valence-electron chi connectivity index (χ2n) is 6.42. The number of rotatable bonds is 2. The summed E-state index contributed by atoms with van der Waals surface area (Å²) < 4.78 is 12.7. The molecule has 0 N–H and O–H groups in total. The summed E-state index contributed by atoms with van der Waals surface area (Å²) in [6, 6.07) is 14.0. The monoisotopic (exact) mass is 449 g/mol. The molecule has 5 heteroatoms. The van der Waals surface area contributed by atoms with Gasteiger partial charge >= 0.3 is 0 Å². The van der Waals surface area contributed by atoms with Crippen LogP contribution in [0.1, 0.15) is 41.2 Å². The number of carbonyl (C=O) groups excluding carboxylic acids is 1. The van der Waals surface area contributed by atoms with Gasteiger partial charge in [-0.25, -0.2) is 0 Å². The van der Waals surface area contributed by atoms with Gasteiger partial charge in [0.2, 0.25) is 0 Å². The van der Waals surface area contributed by atoms with E-state index in [0.29, 0.717) is 13.2 Å². The average Bonchev–Trinajstić information content (AvgIpc) is 3.00. The Hall–Kier alpha value is -1.76. The van der Waals surface area contributed by atoms with Gasteiger partial charge < -0.3 is 14.4 Å². The first-order chi connectivity index (χ1) is 12.2. The molecule has 0 aliphatic carbocycles. The van der Waals surface area contributed by atoms with Crippen LogP contribution in [0.3, 0.4) is 0 Å². The van der Waals surface area contributed by atoms with E-state index in [9.17, 15) is 4.79 Å². The Morgan fingerprint density at radius 2 is 1.76 bits per heavy atom. The van der Waals surface area contributed by atoms with Crippen LogP contribution in [-0.4, -0.2) is 30.6 Å². The quantitative estimate of drug-likeness (QED) is 0.637. The van der Waals surface area contributed by atoms with E-state index in [0.717, 1.165) is 52.0 Å². The highest BCUT2D eigenvalue weighted by atomic mass is 127. The standard InChI is InChI=1S/C20H20INO3/c21-16-7-4-14(5-8-16)20(23)22-10-1-3-17(22)15-6-9-18-19(13-15)25-12-2-11-24-18/h4-9,13,17H,1-3,10-12H2/t17-/m0/s1. The number of carbonyl (C=O) groups is 1. The van der Waals surface area contributed by atoms with Crippen LogP contribution >= 0.6 is 22.6 Å². The topological polar surface area (TPSA) is 38.8 Å². The van der Waals surface area contributed by atoms with Gasteiger partial charge in [0.1, 0.15) is 0 Å². The van der Waals surface area contributed by atoms with Crippen molar-refractivity contribution in [3.8, 4) is 11.5 Å². The van der Waals surface area contributed by atoms with Gasteiger partial charge in [0.15, 0.2) is 11.5 Å². The smallest absolute Gasteiger partial charge is 0.254 e. The molecule has 1 fully saturated rings. The number of ether oxygens (including phenoxy) is 2. The van der Waals surface area contributed by atoms with Crippen molar-refractivity contribution in [1.29, 1.82) is 0 Å². The summed E-state index contributed by atoms with van der Waals surface area (Å²) in [5.74, 6) is 1.70. The summed E-state index contributed by atoms with van der Waals surface area (Å²) in [5, 5.41) is 0. The van der Waals surface area contributed by atoms with Gasteiger partial charge in [-0.3, -0.25) is 4.79 Å². The van der Waals surface area contributed by atoms with E-state index in [4.69, 9.17) is 9.47 Å². The molecule has 2 aromatic carbocycles. The minimum absolute atomic E-state index is 0.101. The van der Waals surface area contributed by atoms with E-state index in [-0.39, 0.29) is 11.9 Å². The summed E-state index contributed by atoms with van der Waals surface area (Å²) in [6.07, 6.45) is 2.90. The van der Waals surface area contributed by atoms with Crippen LogP contribution in [0.4, 0.5) is 0 Å². The Labute approximate surface area is 161 Å². The maximum Gasteiger partial charge on any atom is 0.254 e. The van der Waals surface area contributed by atoms with E-state index in [2.05, 4.69) is 28.7 Å². The van der Waals surface area contributed by atoms with Crippen molar-refractivity contribution >= 4 is 28.5 Å². The number of amides is 1. The van der Waals surface area contributed by atoms with Crippen LogP contribution < -0.4 is 9.47 Å². The van der Waals surface area contributed by atoms with E-state index >= 15 is 0 Å². The minimum atomic E-state index is 0.101. The van der Waals surface area contributed by atoms with Crippen molar-refractivity contribution < 1.29 is 14.3 Å². The highest BCUT2D eigenvalue weighted by Crippen LogP contribution is 2.38. The van der Waals surface area contributed by atoms with Gasteiger partial charge in [0.25, 0.3) is 5.91 Å². The molecule has 0 bridgehead atoms. The van der Waals surface area contributed by atoms with Gasteiger partial charge in [0.05, 0.1) is 19.3 Å². The SMILES string of the molecule is O=C(c1ccc(I)cc1)N1CCC[C@H]1c1ccc2c(c1)OCCCO2. The Kier molecular flexibility index (Phi) is 4.83. The molecule has 0 spiro atoms. The Bertz CT molecular complexity index is 775. The van der Waals surface area contributed by atoms with Crippen LogP contribution in [0, 0.1) is 3.57 Å². The lowest BCUT2D eigenvalue weighted by Crippen LogP contribution is -2.30. The van der Waals surface area contributed by atoms with E-state index in [1.54, 1.807) is 0 Å². The largest absolute Gasteiger partial charge is 0.490 e. The summed E-state index contributed by atoms with van der Waals surface area (Å²) in [4.78, 5) is 14.9. The van der Waals surface area contributed by atoms with Gasteiger partial charge in [-0.15, -0.1) is 0 Å². The van der Waals surface area contributed by atoms with Gasteiger partial charge in [-0.2, -0.15) is 0 Å². The number of likely N-dealkylation sites (tertiary alicyclic amines) is 1. The highest BCUT2D eigenvalue weighted by Gasteiger charge is 2.31. The third-order valence-electron chi connectivity index (χ3n) is 4.76. The summed E-state index contributed by atoms with van der Waals surface area (Å²) in [6.45, 7) is 2.16. The first-order valence-corrected chi connectivity index (χ1v) is 9.76. The summed E-state index contributed by atoms with van der Waals surface area (Å²) in [7, 11) is 0. The fourth-order valence-electron chi connectivity index (χ4n) is 3.50. The maximum absolute atomic E-state index is 13.0. The Balaban J connectivity index is 1.60. The average molecular weight is 449 g/mol. The molecular weight excluding hydrogens is 429 g/mol. The van der Waals surface area contributed by atoms with Gasteiger partial charge in [0, 0.05) is 22.1 Å². The number of halogens is 1. The van der Waals surface area contributed by atoms with Crippen molar-refractivity contribution in [3.63, 3.8) is 0 Å². The molecule has 130 valence electrons. The van der Waals surface area contributed by atoms with Crippen molar-refractivity contribution in [2.75, 3.05) is 19.8 Å². The Morgan fingerprint density at radius 3 is 2.56 bits per heavy atom. The molecule has 2 aromatic rings. The lowest BCUT2D eigenvalue weighted by atomic mass is 10.0. The molecule has 2 aliphatic heterocycles. The molecule has 1 atom stereocenters. The van der Waals surface area contributed by atoms with Crippen LogP contribution in [0.5, 0.6) is 11.5 Å². The van der Waals surface area contributed by atoms with Gasteiger partial charge in [-0.1, -0.05) is 6.07 Å². The molecule has 4 rings (SSSR count). The molecule has 0 saturated carbocycles. The second kappa shape index (κ2) is 7.23.